The molecular formula is C28H38BrNO. The van der Waals surface area contributed by atoms with E-state index >= 15 is 0 Å². The number of benzene rings is 3. The van der Waals surface area contributed by atoms with Gasteiger partial charge in [0.2, 0.25) is 0 Å². The first-order valence-corrected chi connectivity index (χ1v) is 12.9. The second-order valence-electron chi connectivity index (χ2n) is 8.82. The Balaban J connectivity index is 1.75. The molecule has 168 valence electrons. The standard InChI is InChI=1S/C28H38BrNO/c1-3-5-7-11-17-30(18-12-8-6-4-2)21-28(31)23-16-15-22-20-27(29)25-14-10-9-13-24(25)26(22)19-23/h9-10,13-16,19-20,28,31H,3-8,11-12,17-18,21H2,1-2H3/t28-/m1/s1. The molecule has 3 aromatic carbocycles. The van der Waals surface area contributed by atoms with Crippen molar-refractivity contribution in [3.63, 3.8) is 0 Å². The van der Waals surface area contributed by atoms with E-state index in [0.29, 0.717) is 0 Å². The van der Waals surface area contributed by atoms with Gasteiger partial charge in [0.05, 0.1) is 6.10 Å². The van der Waals surface area contributed by atoms with E-state index in [-0.39, 0.29) is 0 Å². The zero-order valence-electron chi connectivity index (χ0n) is 19.2. The van der Waals surface area contributed by atoms with Crippen molar-refractivity contribution in [3.8, 4) is 0 Å². The van der Waals surface area contributed by atoms with Crippen molar-refractivity contribution >= 4 is 37.5 Å². The van der Waals surface area contributed by atoms with Gasteiger partial charge in [0, 0.05) is 11.0 Å². The molecule has 0 heterocycles. The van der Waals surface area contributed by atoms with Crippen LogP contribution in [-0.4, -0.2) is 29.6 Å². The van der Waals surface area contributed by atoms with Crippen LogP contribution in [0.1, 0.15) is 76.9 Å². The van der Waals surface area contributed by atoms with Crippen molar-refractivity contribution in [3.05, 3.63) is 58.6 Å². The van der Waals surface area contributed by atoms with Gasteiger partial charge in [0.1, 0.15) is 0 Å². The fourth-order valence-electron chi connectivity index (χ4n) is 4.45. The first-order chi connectivity index (χ1) is 15.1. The number of aliphatic hydroxyl groups is 1. The molecule has 0 aliphatic heterocycles. The largest absolute Gasteiger partial charge is 0.387 e. The molecule has 0 spiro atoms. The highest BCUT2D eigenvalue weighted by Gasteiger charge is 2.15. The van der Waals surface area contributed by atoms with Gasteiger partial charge in [0.15, 0.2) is 0 Å². The SMILES string of the molecule is CCCCCCN(CCCCCC)C[C@@H](O)c1ccc2cc(Br)c3ccccc3c2c1. The molecule has 2 nitrogen and oxygen atoms in total. The Kier molecular flexibility index (Phi) is 9.83. The quantitative estimate of drug-likeness (QED) is 0.195. The molecule has 0 aromatic heterocycles. The number of unbranched alkanes of at least 4 members (excludes halogenated alkanes) is 6. The van der Waals surface area contributed by atoms with Crippen LogP contribution in [0.2, 0.25) is 0 Å². The minimum absolute atomic E-state index is 0.454. The second-order valence-corrected chi connectivity index (χ2v) is 9.68. The van der Waals surface area contributed by atoms with Crippen molar-refractivity contribution in [2.75, 3.05) is 19.6 Å². The molecule has 0 radical (unpaired) electrons. The highest BCUT2D eigenvalue weighted by molar-refractivity contribution is 9.10. The van der Waals surface area contributed by atoms with Gasteiger partial charge >= 0.3 is 0 Å². The summed E-state index contributed by atoms with van der Waals surface area (Å²) in [5.74, 6) is 0. The predicted molar refractivity (Wildman–Crippen MR) is 139 cm³/mol. The van der Waals surface area contributed by atoms with Gasteiger partial charge < -0.3 is 10.0 Å². The average molecular weight is 485 g/mol. The molecular weight excluding hydrogens is 446 g/mol. The monoisotopic (exact) mass is 483 g/mol. The van der Waals surface area contributed by atoms with E-state index in [4.69, 9.17) is 0 Å². The summed E-state index contributed by atoms with van der Waals surface area (Å²) in [7, 11) is 0. The van der Waals surface area contributed by atoms with Gasteiger partial charge in [0.25, 0.3) is 0 Å². The van der Waals surface area contributed by atoms with Crippen LogP contribution in [0.25, 0.3) is 21.5 Å². The topological polar surface area (TPSA) is 23.5 Å². The first-order valence-electron chi connectivity index (χ1n) is 12.1. The van der Waals surface area contributed by atoms with E-state index in [2.05, 4.69) is 83.2 Å². The molecule has 1 N–H and O–H groups in total. The fourth-order valence-corrected chi connectivity index (χ4v) is 5.04. The molecule has 3 rings (SSSR count). The third-order valence-corrected chi connectivity index (χ3v) is 6.96. The van der Waals surface area contributed by atoms with E-state index in [1.165, 1.54) is 72.9 Å². The average Bonchev–Trinajstić information content (AvgIpc) is 2.79. The lowest BCUT2D eigenvalue weighted by Crippen LogP contribution is -2.31. The molecule has 0 aliphatic rings. The van der Waals surface area contributed by atoms with Crippen LogP contribution in [0.3, 0.4) is 0 Å². The van der Waals surface area contributed by atoms with Crippen molar-refractivity contribution in [2.24, 2.45) is 0 Å². The number of hydrogen-bond acceptors (Lipinski definition) is 2. The smallest absolute Gasteiger partial charge is 0.0917 e. The van der Waals surface area contributed by atoms with Gasteiger partial charge in [-0.25, -0.2) is 0 Å². The van der Waals surface area contributed by atoms with Crippen LogP contribution in [-0.2, 0) is 0 Å². The van der Waals surface area contributed by atoms with E-state index in [1.54, 1.807) is 0 Å². The maximum absolute atomic E-state index is 11.1. The minimum atomic E-state index is -0.454. The number of nitrogens with zero attached hydrogens (tertiary/aromatic N) is 1. The van der Waals surface area contributed by atoms with Gasteiger partial charge in [-0.05, 0) is 65.2 Å². The third-order valence-electron chi connectivity index (χ3n) is 6.31. The molecule has 3 aromatic rings. The molecule has 0 bridgehead atoms. The maximum atomic E-state index is 11.1. The number of aliphatic hydroxyl groups excluding tert-OH is 1. The molecule has 0 fully saturated rings. The van der Waals surface area contributed by atoms with Gasteiger partial charge in [-0.2, -0.15) is 0 Å². The van der Waals surface area contributed by atoms with Gasteiger partial charge in [-0.3, -0.25) is 0 Å². The second kappa shape index (κ2) is 12.6. The van der Waals surface area contributed by atoms with Crippen LogP contribution in [0, 0.1) is 0 Å². The summed E-state index contributed by atoms with van der Waals surface area (Å²) in [5, 5.41) is 16.0. The highest BCUT2D eigenvalue weighted by Crippen LogP contribution is 2.33. The van der Waals surface area contributed by atoms with Crippen LogP contribution >= 0.6 is 15.9 Å². The fraction of sp³-hybridized carbons (Fsp3) is 0.500. The Morgan fingerprint density at radius 1 is 0.774 bits per heavy atom. The lowest BCUT2D eigenvalue weighted by atomic mass is 9.98. The Morgan fingerprint density at radius 2 is 1.42 bits per heavy atom. The Hall–Kier alpha value is -1.42. The Morgan fingerprint density at radius 3 is 2.06 bits per heavy atom. The summed E-state index contributed by atoms with van der Waals surface area (Å²) >= 11 is 3.71. The summed E-state index contributed by atoms with van der Waals surface area (Å²) in [6, 6.07) is 17.1. The normalized spacial score (nSPS) is 12.8. The van der Waals surface area contributed by atoms with Crippen molar-refractivity contribution in [1.82, 2.24) is 4.90 Å². The molecule has 3 heteroatoms. The maximum Gasteiger partial charge on any atom is 0.0917 e. The Bertz CT molecular complexity index is 942. The minimum Gasteiger partial charge on any atom is -0.387 e. The van der Waals surface area contributed by atoms with Crippen molar-refractivity contribution in [2.45, 2.75) is 71.3 Å². The highest BCUT2D eigenvalue weighted by atomic mass is 79.9. The lowest BCUT2D eigenvalue weighted by Gasteiger charge is -2.25. The summed E-state index contributed by atoms with van der Waals surface area (Å²) in [6.45, 7) is 7.42. The summed E-state index contributed by atoms with van der Waals surface area (Å²) in [4.78, 5) is 2.49. The number of fused-ring (bicyclic) bond motifs is 3. The number of halogens is 1. The first kappa shape index (κ1) is 24.2. The summed E-state index contributed by atoms with van der Waals surface area (Å²) in [5.41, 5.74) is 1.02. The van der Waals surface area contributed by atoms with E-state index in [0.717, 1.165) is 29.7 Å². The summed E-state index contributed by atoms with van der Waals surface area (Å²) < 4.78 is 1.12. The lowest BCUT2D eigenvalue weighted by molar-refractivity contribution is 0.110. The van der Waals surface area contributed by atoms with E-state index in [1.807, 2.05) is 0 Å². The molecule has 0 amide bonds. The molecule has 0 saturated carbocycles. The number of rotatable bonds is 13. The number of hydrogen-bond donors (Lipinski definition) is 1. The van der Waals surface area contributed by atoms with Crippen LogP contribution in [0.15, 0.2) is 53.0 Å². The van der Waals surface area contributed by atoms with Crippen molar-refractivity contribution in [1.29, 1.82) is 0 Å². The molecule has 1 atom stereocenters. The van der Waals surface area contributed by atoms with Crippen LogP contribution in [0.5, 0.6) is 0 Å². The van der Waals surface area contributed by atoms with Crippen molar-refractivity contribution < 1.29 is 5.11 Å². The molecule has 0 unspecified atom stereocenters. The molecule has 0 saturated heterocycles. The van der Waals surface area contributed by atoms with E-state index in [9.17, 15) is 5.11 Å². The Labute approximate surface area is 196 Å². The predicted octanol–water partition coefficient (Wildman–Crippen LogP) is 8.25. The third kappa shape index (κ3) is 6.78. The van der Waals surface area contributed by atoms with Gasteiger partial charge in [-0.1, -0.05) is 105 Å². The summed E-state index contributed by atoms with van der Waals surface area (Å²) in [6.07, 6.45) is 9.71. The molecule has 0 aliphatic carbocycles. The van der Waals surface area contributed by atoms with Crippen LogP contribution in [0.4, 0.5) is 0 Å². The zero-order valence-corrected chi connectivity index (χ0v) is 20.8. The molecule has 31 heavy (non-hydrogen) atoms. The van der Waals surface area contributed by atoms with Gasteiger partial charge in [-0.15, -0.1) is 0 Å². The van der Waals surface area contributed by atoms with Crippen LogP contribution < -0.4 is 0 Å². The van der Waals surface area contributed by atoms with E-state index < -0.39 is 6.10 Å². The zero-order chi connectivity index (χ0) is 22.1.